The van der Waals surface area contributed by atoms with Crippen molar-refractivity contribution in [1.82, 2.24) is 15.1 Å². The van der Waals surface area contributed by atoms with Crippen LogP contribution in [0.4, 0.5) is 0 Å². The lowest BCUT2D eigenvalue weighted by Crippen LogP contribution is -2.40. The van der Waals surface area contributed by atoms with Crippen molar-refractivity contribution in [3.8, 4) is 0 Å². The van der Waals surface area contributed by atoms with Crippen molar-refractivity contribution in [2.75, 3.05) is 6.54 Å². The molecule has 0 bridgehead atoms. The SMILES string of the molecule is O=C(c1ccc(=O)[nH]n1)N1CCc2sccc2[C@H]1c1cccs1. The van der Waals surface area contributed by atoms with Crippen molar-refractivity contribution in [3.63, 3.8) is 0 Å². The van der Waals surface area contributed by atoms with Gasteiger partial charge in [0.05, 0.1) is 6.04 Å². The number of aromatic nitrogens is 2. The molecule has 0 aromatic carbocycles. The van der Waals surface area contributed by atoms with E-state index in [2.05, 4.69) is 27.7 Å². The van der Waals surface area contributed by atoms with E-state index in [-0.39, 0.29) is 23.2 Å². The number of nitrogens with zero attached hydrogens (tertiary/aromatic N) is 2. The number of rotatable bonds is 2. The van der Waals surface area contributed by atoms with Crippen molar-refractivity contribution in [2.24, 2.45) is 0 Å². The minimum atomic E-state index is -0.310. The monoisotopic (exact) mass is 343 g/mol. The largest absolute Gasteiger partial charge is 0.325 e. The fourth-order valence-electron chi connectivity index (χ4n) is 2.90. The summed E-state index contributed by atoms with van der Waals surface area (Å²) >= 11 is 3.39. The number of amides is 1. The fourth-order valence-corrected chi connectivity index (χ4v) is 4.66. The second-order valence-electron chi connectivity index (χ2n) is 5.27. The highest BCUT2D eigenvalue weighted by Crippen LogP contribution is 2.39. The molecular formula is C16H13N3O2S2. The molecule has 23 heavy (non-hydrogen) atoms. The van der Waals surface area contributed by atoms with E-state index < -0.39 is 0 Å². The Morgan fingerprint density at radius 2 is 2.13 bits per heavy atom. The number of fused-ring (bicyclic) bond motifs is 1. The summed E-state index contributed by atoms with van der Waals surface area (Å²) < 4.78 is 0. The minimum Gasteiger partial charge on any atom is -0.325 e. The molecule has 1 aliphatic heterocycles. The maximum absolute atomic E-state index is 12.9. The lowest BCUT2D eigenvalue weighted by Gasteiger charge is -2.35. The van der Waals surface area contributed by atoms with E-state index in [4.69, 9.17) is 0 Å². The third kappa shape index (κ3) is 2.51. The van der Waals surface area contributed by atoms with Crippen LogP contribution >= 0.6 is 22.7 Å². The smallest absolute Gasteiger partial charge is 0.275 e. The predicted octanol–water partition coefficient (Wildman–Crippen LogP) is 2.68. The van der Waals surface area contributed by atoms with Gasteiger partial charge in [0.15, 0.2) is 0 Å². The summed E-state index contributed by atoms with van der Waals surface area (Å²) in [6.45, 7) is 0.649. The van der Waals surface area contributed by atoms with E-state index >= 15 is 0 Å². The molecule has 1 atom stereocenters. The molecule has 5 nitrogen and oxygen atoms in total. The van der Waals surface area contributed by atoms with Gasteiger partial charge in [-0.05, 0) is 40.9 Å². The Morgan fingerprint density at radius 3 is 2.87 bits per heavy atom. The molecule has 0 unspecified atom stereocenters. The topological polar surface area (TPSA) is 66.1 Å². The summed E-state index contributed by atoms with van der Waals surface area (Å²) in [5.41, 5.74) is 1.15. The predicted molar refractivity (Wildman–Crippen MR) is 90.1 cm³/mol. The van der Waals surface area contributed by atoms with E-state index in [1.807, 2.05) is 16.3 Å². The second-order valence-corrected chi connectivity index (χ2v) is 7.25. The van der Waals surface area contributed by atoms with E-state index in [0.717, 1.165) is 11.3 Å². The standard InChI is InChI=1S/C16H13N3O2S2/c20-14-4-3-11(17-18-14)16(21)19-7-5-12-10(6-9-23-12)15(19)13-2-1-8-22-13/h1-4,6,8-9,15H,5,7H2,(H,18,20)/t15-/m0/s1. The Balaban J connectivity index is 1.76. The van der Waals surface area contributed by atoms with Crippen LogP contribution in [-0.4, -0.2) is 27.5 Å². The zero-order valence-electron chi connectivity index (χ0n) is 12.1. The van der Waals surface area contributed by atoms with Crippen LogP contribution in [0.15, 0.2) is 45.9 Å². The van der Waals surface area contributed by atoms with Crippen LogP contribution in [0, 0.1) is 0 Å². The van der Waals surface area contributed by atoms with Crippen molar-refractivity contribution < 1.29 is 4.79 Å². The van der Waals surface area contributed by atoms with E-state index in [1.165, 1.54) is 22.6 Å². The molecule has 1 aliphatic rings. The molecule has 0 fully saturated rings. The molecule has 116 valence electrons. The number of hydrogen-bond donors (Lipinski definition) is 1. The highest BCUT2D eigenvalue weighted by molar-refractivity contribution is 7.10. The van der Waals surface area contributed by atoms with Crippen LogP contribution in [-0.2, 0) is 6.42 Å². The van der Waals surface area contributed by atoms with Crippen LogP contribution in [0.2, 0.25) is 0 Å². The van der Waals surface area contributed by atoms with Gasteiger partial charge in [-0.1, -0.05) is 6.07 Å². The van der Waals surface area contributed by atoms with E-state index in [1.54, 1.807) is 22.7 Å². The molecule has 0 aliphatic carbocycles. The number of thiophene rings is 2. The Bertz CT molecular complexity index is 878. The van der Waals surface area contributed by atoms with Gasteiger partial charge >= 0.3 is 0 Å². The summed E-state index contributed by atoms with van der Waals surface area (Å²) in [6.07, 6.45) is 0.851. The Morgan fingerprint density at radius 1 is 1.22 bits per heavy atom. The van der Waals surface area contributed by atoms with Crippen molar-refractivity contribution >= 4 is 28.6 Å². The normalized spacial score (nSPS) is 17.0. The zero-order valence-corrected chi connectivity index (χ0v) is 13.7. The molecule has 1 amide bonds. The number of carbonyl (C=O) groups excluding carboxylic acids is 1. The molecule has 0 saturated heterocycles. The molecule has 3 aromatic heterocycles. The number of hydrogen-bond acceptors (Lipinski definition) is 5. The average molecular weight is 343 g/mol. The summed E-state index contributed by atoms with van der Waals surface area (Å²) in [5, 5.41) is 10.3. The fraction of sp³-hybridized carbons (Fsp3) is 0.188. The van der Waals surface area contributed by atoms with E-state index in [9.17, 15) is 9.59 Å². The quantitative estimate of drug-likeness (QED) is 0.778. The van der Waals surface area contributed by atoms with Crippen molar-refractivity contribution in [1.29, 1.82) is 0 Å². The number of H-pyrrole nitrogens is 1. The van der Waals surface area contributed by atoms with Gasteiger partial charge in [-0.3, -0.25) is 9.59 Å². The molecule has 3 aromatic rings. The van der Waals surface area contributed by atoms with Gasteiger partial charge in [0.25, 0.3) is 11.5 Å². The van der Waals surface area contributed by atoms with Gasteiger partial charge in [-0.15, -0.1) is 22.7 Å². The summed E-state index contributed by atoms with van der Waals surface area (Å²) in [4.78, 5) is 28.4. The first-order valence-corrected chi connectivity index (χ1v) is 8.96. The first-order valence-electron chi connectivity index (χ1n) is 7.20. The maximum Gasteiger partial charge on any atom is 0.275 e. The van der Waals surface area contributed by atoms with Crippen molar-refractivity contribution in [3.05, 3.63) is 72.5 Å². The van der Waals surface area contributed by atoms with Gasteiger partial charge in [-0.2, -0.15) is 5.10 Å². The molecule has 0 radical (unpaired) electrons. The van der Waals surface area contributed by atoms with Crippen LogP contribution < -0.4 is 5.56 Å². The third-order valence-electron chi connectivity index (χ3n) is 3.94. The van der Waals surface area contributed by atoms with Crippen LogP contribution in [0.25, 0.3) is 0 Å². The van der Waals surface area contributed by atoms with Crippen LogP contribution in [0.1, 0.15) is 31.8 Å². The molecule has 7 heteroatoms. The van der Waals surface area contributed by atoms with Gasteiger partial charge < -0.3 is 4.90 Å². The molecule has 0 saturated carbocycles. The highest BCUT2D eigenvalue weighted by atomic mass is 32.1. The Kier molecular flexibility index (Phi) is 3.59. The van der Waals surface area contributed by atoms with Crippen molar-refractivity contribution in [2.45, 2.75) is 12.5 Å². The minimum absolute atomic E-state index is 0.0776. The van der Waals surface area contributed by atoms with Crippen LogP contribution in [0.5, 0.6) is 0 Å². The zero-order chi connectivity index (χ0) is 15.8. The third-order valence-corrected chi connectivity index (χ3v) is 5.86. The molecule has 4 heterocycles. The number of aromatic amines is 1. The molecule has 1 N–H and O–H groups in total. The van der Waals surface area contributed by atoms with E-state index in [0.29, 0.717) is 6.54 Å². The first-order chi connectivity index (χ1) is 11.2. The van der Waals surface area contributed by atoms with Gasteiger partial charge in [0.1, 0.15) is 5.69 Å². The van der Waals surface area contributed by atoms with Gasteiger partial charge in [0.2, 0.25) is 0 Å². The Hall–Kier alpha value is -2.25. The lowest BCUT2D eigenvalue weighted by molar-refractivity contribution is 0.0691. The molecule has 0 spiro atoms. The second kappa shape index (κ2) is 5.75. The molecule has 4 rings (SSSR count). The first kappa shape index (κ1) is 14.3. The number of nitrogens with one attached hydrogen (secondary N) is 1. The van der Waals surface area contributed by atoms with Gasteiger partial charge in [-0.25, -0.2) is 5.10 Å². The Labute approximate surface area is 140 Å². The average Bonchev–Trinajstić information content (AvgIpc) is 3.25. The van der Waals surface area contributed by atoms with Gasteiger partial charge in [0, 0.05) is 22.4 Å². The summed E-state index contributed by atoms with van der Waals surface area (Å²) in [6, 6.07) is 8.90. The molecular weight excluding hydrogens is 330 g/mol. The maximum atomic E-state index is 12.9. The van der Waals surface area contributed by atoms with Crippen LogP contribution in [0.3, 0.4) is 0 Å². The summed E-state index contributed by atoms with van der Waals surface area (Å²) in [5.74, 6) is -0.156. The lowest BCUT2D eigenvalue weighted by atomic mass is 9.98. The highest BCUT2D eigenvalue weighted by Gasteiger charge is 2.34. The number of carbonyl (C=O) groups is 1. The summed E-state index contributed by atoms with van der Waals surface area (Å²) in [7, 11) is 0.